The van der Waals surface area contributed by atoms with E-state index < -0.39 is 43.0 Å². The van der Waals surface area contributed by atoms with E-state index in [0.717, 1.165) is 0 Å². The average Bonchev–Trinajstić information content (AvgIpc) is 2.30. The predicted molar refractivity (Wildman–Crippen MR) is 57.4 cm³/mol. The fraction of sp³-hybridized carbons (Fsp3) is 0.800. The molecule has 0 bridgehead atoms. The summed E-state index contributed by atoms with van der Waals surface area (Å²) in [5, 5.41) is 28.4. The van der Waals surface area contributed by atoms with Crippen molar-refractivity contribution in [2.45, 2.75) is 31.5 Å². The highest BCUT2D eigenvalue weighted by Gasteiger charge is 2.43. The van der Waals surface area contributed by atoms with Crippen LogP contribution in [0.5, 0.6) is 0 Å². The number of hydrogen-bond acceptors (Lipinski definition) is 6. The van der Waals surface area contributed by atoms with Gasteiger partial charge in [0.25, 0.3) is 0 Å². The lowest BCUT2D eigenvalue weighted by Gasteiger charge is -2.39. The zero-order valence-corrected chi connectivity index (χ0v) is 9.68. The van der Waals surface area contributed by atoms with Crippen molar-refractivity contribution in [2.24, 2.45) is 10.9 Å². The molecule has 0 aromatic rings. The van der Waals surface area contributed by atoms with Gasteiger partial charge in [-0.15, -0.1) is 0 Å². The number of aliphatic hydroxyl groups excluding tert-OH is 3. The molecule has 0 aromatic carbocycles. The van der Waals surface area contributed by atoms with Crippen LogP contribution in [0.2, 0.25) is 0 Å². The molecule has 1 amide bonds. The number of ether oxygens (including phenoxy) is 2. The van der Waals surface area contributed by atoms with Crippen LogP contribution in [-0.2, 0) is 14.3 Å². The molecule has 1 rings (SSSR count). The molecule has 0 aliphatic carbocycles. The molecule has 5 atom stereocenters. The van der Waals surface area contributed by atoms with Crippen molar-refractivity contribution in [2.75, 3.05) is 13.7 Å². The maximum atomic E-state index is 10.7. The monoisotopic (exact) mass is 247 g/mol. The Bertz CT molecular complexity index is 293. The Morgan fingerprint density at radius 3 is 2.59 bits per heavy atom. The maximum Gasteiger partial charge on any atom is 0.242 e. The fourth-order valence-corrected chi connectivity index (χ4v) is 1.67. The van der Waals surface area contributed by atoms with E-state index in [2.05, 4.69) is 4.99 Å². The van der Waals surface area contributed by atoms with Gasteiger partial charge in [-0.1, -0.05) is 0 Å². The lowest BCUT2D eigenvalue weighted by Crippen LogP contribution is -2.56. The van der Waals surface area contributed by atoms with Crippen molar-refractivity contribution in [1.82, 2.24) is 0 Å². The molecule has 0 saturated carbocycles. The molecule has 1 fully saturated rings. The van der Waals surface area contributed by atoms with Gasteiger partial charge < -0.3 is 24.8 Å². The van der Waals surface area contributed by atoms with Gasteiger partial charge in [0.1, 0.15) is 12.2 Å². The van der Waals surface area contributed by atoms with Crippen LogP contribution in [0.4, 0.5) is 0 Å². The van der Waals surface area contributed by atoms with Gasteiger partial charge in [0.15, 0.2) is 6.29 Å². The first-order valence-electron chi connectivity index (χ1n) is 5.21. The molecule has 7 nitrogen and oxygen atoms in total. The van der Waals surface area contributed by atoms with E-state index in [4.69, 9.17) is 14.6 Å². The van der Waals surface area contributed by atoms with Gasteiger partial charge in [-0.25, -0.2) is 4.99 Å². The number of hydrogen-bond donors (Lipinski definition) is 3. The number of carbonyl (C=O) groups excluding carboxylic acids is 1. The lowest BCUT2D eigenvalue weighted by molar-refractivity contribution is -0.263. The number of rotatable bonds is 3. The van der Waals surface area contributed by atoms with Crippen molar-refractivity contribution in [3.63, 3.8) is 0 Å². The first kappa shape index (κ1) is 14.2. The van der Waals surface area contributed by atoms with Crippen LogP contribution in [0.3, 0.4) is 0 Å². The van der Waals surface area contributed by atoms with E-state index in [-0.39, 0.29) is 0 Å². The van der Waals surface area contributed by atoms with Crippen molar-refractivity contribution in [1.29, 1.82) is 0 Å². The molecule has 1 saturated heterocycles. The normalized spacial score (nSPS) is 38.5. The van der Waals surface area contributed by atoms with Gasteiger partial charge in [0.2, 0.25) is 5.91 Å². The van der Waals surface area contributed by atoms with Crippen LogP contribution in [0.1, 0.15) is 6.92 Å². The van der Waals surface area contributed by atoms with E-state index in [0.29, 0.717) is 0 Å². The number of nitrogens with zero attached hydrogens (tertiary/aromatic N) is 1. The summed E-state index contributed by atoms with van der Waals surface area (Å²) in [6, 6.07) is 0. The van der Waals surface area contributed by atoms with Gasteiger partial charge in [0.05, 0.1) is 18.6 Å². The summed E-state index contributed by atoms with van der Waals surface area (Å²) < 4.78 is 10.2. The van der Waals surface area contributed by atoms with Crippen molar-refractivity contribution >= 4 is 12.1 Å². The Morgan fingerprint density at radius 1 is 1.47 bits per heavy atom. The number of amides is 1. The van der Waals surface area contributed by atoms with Gasteiger partial charge in [-0.05, 0) is 0 Å². The van der Waals surface area contributed by atoms with Crippen LogP contribution in [-0.4, -0.2) is 65.8 Å². The van der Waals surface area contributed by atoms with Gasteiger partial charge in [-0.2, -0.15) is 0 Å². The highest BCUT2D eigenvalue weighted by atomic mass is 16.7. The second-order valence-electron chi connectivity index (χ2n) is 3.82. The minimum atomic E-state index is -1.25. The molecule has 0 radical (unpaired) electrons. The summed E-state index contributed by atoms with van der Waals surface area (Å²) in [7, 11) is 1.36. The fourth-order valence-electron chi connectivity index (χ4n) is 1.67. The Morgan fingerprint density at radius 2 is 2.12 bits per heavy atom. The number of aliphatic imine (C=N–C) groups is 1. The van der Waals surface area contributed by atoms with Crippen LogP contribution in [0.15, 0.2) is 4.99 Å². The van der Waals surface area contributed by atoms with Gasteiger partial charge in [0, 0.05) is 20.2 Å². The third-order valence-corrected chi connectivity index (χ3v) is 2.59. The van der Waals surface area contributed by atoms with E-state index in [9.17, 15) is 15.0 Å². The summed E-state index contributed by atoms with van der Waals surface area (Å²) in [5.74, 6) is -1.19. The largest absolute Gasteiger partial charge is 0.394 e. The van der Waals surface area contributed by atoms with E-state index in [1.165, 1.54) is 20.2 Å². The van der Waals surface area contributed by atoms with Crippen LogP contribution >= 0.6 is 0 Å². The van der Waals surface area contributed by atoms with Crippen LogP contribution in [0.25, 0.3) is 0 Å². The first-order valence-corrected chi connectivity index (χ1v) is 5.21. The highest BCUT2D eigenvalue weighted by Crippen LogP contribution is 2.25. The summed E-state index contributed by atoms with van der Waals surface area (Å²) >= 11 is 0. The van der Waals surface area contributed by atoms with Gasteiger partial charge in [-0.3, -0.25) is 4.79 Å². The molecule has 17 heavy (non-hydrogen) atoms. The Hall–Kier alpha value is -0.860. The molecule has 1 aliphatic heterocycles. The van der Waals surface area contributed by atoms with Crippen LogP contribution < -0.4 is 0 Å². The Balaban J connectivity index is 2.83. The predicted octanol–water partition coefficient (Wildman–Crippen LogP) is -1.69. The summed E-state index contributed by atoms with van der Waals surface area (Å²) in [6.07, 6.45) is -3.06. The lowest BCUT2D eigenvalue weighted by atomic mass is 9.92. The van der Waals surface area contributed by atoms with Crippen molar-refractivity contribution < 1.29 is 29.6 Å². The Kier molecular flexibility index (Phi) is 5.16. The molecule has 98 valence electrons. The topological polar surface area (TPSA) is 109 Å². The third-order valence-electron chi connectivity index (χ3n) is 2.59. The quantitative estimate of drug-likeness (QED) is 0.513. The summed E-state index contributed by atoms with van der Waals surface area (Å²) in [6.45, 7) is 0.829. The SMILES string of the molecule is CO[C@H]1O[C@H](CO)[C@H](O)[C@H](O)C1C=NC(C)=O. The second-order valence-corrected chi connectivity index (χ2v) is 3.82. The molecule has 1 heterocycles. The highest BCUT2D eigenvalue weighted by molar-refractivity contribution is 5.84. The summed E-state index contributed by atoms with van der Waals surface area (Å²) in [5.41, 5.74) is 0. The molecule has 3 N–H and O–H groups in total. The average molecular weight is 247 g/mol. The number of aliphatic hydroxyl groups is 3. The van der Waals surface area contributed by atoms with Crippen molar-refractivity contribution in [3.8, 4) is 0 Å². The zero-order chi connectivity index (χ0) is 13.0. The minimum absolute atomic E-state index is 0.425. The molecule has 1 unspecified atom stereocenters. The maximum absolute atomic E-state index is 10.7. The van der Waals surface area contributed by atoms with E-state index in [1.54, 1.807) is 0 Å². The van der Waals surface area contributed by atoms with E-state index in [1.807, 2.05) is 0 Å². The summed E-state index contributed by atoms with van der Waals surface area (Å²) in [4.78, 5) is 14.3. The molecular weight excluding hydrogens is 230 g/mol. The molecule has 0 aromatic heterocycles. The van der Waals surface area contributed by atoms with Crippen LogP contribution in [0, 0.1) is 5.92 Å². The minimum Gasteiger partial charge on any atom is -0.394 e. The van der Waals surface area contributed by atoms with E-state index >= 15 is 0 Å². The number of carbonyl (C=O) groups is 1. The molecular formula is C10H17NO6. The smallest absolute Gasteiger partial charge is 0.242 e. The molecule has 0 spiro atoms. The first-order chi connectivity index (χ1) is 8.01. The molecule has 1 aliphatic rings. The zero-order valence-electron chi connectivity index (χ0n) is 9.68. The second kappa shape index (κ2) is 6.18. The number of methoxy groups -OCH3 is 1. The third kappa shape index (κ3) is 3.30. The van der Waals surface area contributed by atoms with Crippen molar-refractivity contribution in [3.05, 3.63) is 0 Å². The Labute approximate surface area is 98.7 Å². The molecule has 7 heteroatoms. The standard InChI is InChI=1S/C10H17NO6/c1-5(13)11-3-6-8(14)9(15)7(4-12)17-10(6)16-2/h3,6-10,12,14-15H,4H2,1-2H3/t6?,7-,8-,9+,10+/m1/s1. The van der Waals surface area contributed by atoms with Gasteiger partial charge >= 0.3 is 0 Å².